The predicted octanol–water partition coefficient (Wildman–Crippen LogP) is 1.52. The molecule has 0 spiro atoms. The van der Waals surface area contributed by atoms with Crippen LogP contribution in [-0.4, -0.2) is 48.4 Å². The molecule has 3 rings (SSSR count). The Morgan fingerprint density at radius 2 is 1.97 bits per heavy atom. The number of carbonyl (C=O) groups excluding carboxylic acids is 1. The van der Waals surface area contributed by atoms with E-state index in [0.717, 1.165) is 5.56 Å². The van der Waals surface area contributed by atoms with Crippen LogP contribution in [0.3, 0.4) is 0 Å². The third-order valence-corrected chi connectivity index (χ3v) is 5.21. The molecule has 1 aromatic carbocycles. The summed E-state index contributed by atoms with van der Waals surface area (Å²) in [6.07, 6.45) is 7.81. The van der Waals surface area contributed by atoms with E-state index in [9.17, 15) is 9.59 Å². The van der Waals surface area contributed by atoms with Crippen molar-refractivity contribution < 1.29 is 24.2 Å². The molecule has 2 aliphatic rings. The van der Waals surface area contributed by atoms with Crippen LogP contribution in [0.4, 0.5) is 0 Å². The van der Waals surface area contributed by atoms with Crippen LogP contribution in [0.1, 0.15) is 29.9 Å². The van der Waals surface area contributed by atoms with Crippen LogP contribution in [0, 0.1) is 11.3 Å². The van der Waals surface area contributed by atoms with Gasteiger partial charge in [-0.2, -0.15) is 0 Å². The number of allylic oxidation sites excluding steroid dienone is 2. The number of nitrogen functional groups attached to an aromatic ring is 1. The van der Waals surface area contributed by atoms with Crippen molar-refractivity contribution in [1.29, 1.82) is 5.41 Å². The maximum absolute atomic E-state index is 11.9. The Balaban J connectivity index is 1.59. The number of aliphatic carboxylic acids is 1. The fourth-order valence-electron chi connectivity index (χ4n) is 3.55. The molecular weight excluding hydrogens is 374 g/mol. The van der Waals surface area contributed by atoms with E-state index >= 15 is 0 Å². The van der Waals surface area contributed by atoms with E-state index in [1.54, 1.807) is 0 Å². The highest BCUT2D eigenvalue weighted by Crippen LogP contribution is 2.30. The molecule has 8 nitrogen and oxygen atoms in total. The first kappa shape index (κ1) is 20.8. The quantitative estimate of drug-likeness (QED) is 0.227. The van der Waals surface area contributed by atoms with Gasteiger partial charge in [-0.3, -0.25) is 15.0 Å². The van der Waals surface area contributed by atoms with Gasteiger partial charge in [0, 0.05) is 18.6 Å². The topological polar surface area (TPSA) is 135 Å². The molecule has 1 saturated heterocycles. The molecule has 5 N–H and O–H groups in total. The largest absolute Gasteiger partial charge is 0.481 e. The monoisotopic (exact) mass is 399 g/mol. The third-order valence-electron chi connectivity index (χ3n) is 5.21. The Labute approximate surface area is 168 Å². The smallest absolute Gasteiger partial charge is 0.304 e. The normalized spacial score (nSPS) is 28.3. The average molecular weight is 399 g/mol. The van der Waals surface area contributed by atoms with Crippen LogP contribution in [0.5, 0.6) is 0 Å². The van der Waals surface area contributed by atoms with Crippen molar-refractivity contribution in [3.63, 3.8) is 0 Å². The van der Waals surface area contributed by atoms with E-state index in [1.165, 1.54) is 7.11 Å². The molecule has 1 aliphatic carbocycles. The molecule has 0 unspecified atom stereocenters. The number of methoxy groups -OCH3 is 1. The van der Waals surface area contributed by atoms with Gasteiger partial charge in [-0.1, -0.05) is 36.4 Å². The summed E-state index contributed by atoms with van der Waals surface area (Å²) in [4.78, 5) is 22.7. The number of benzene rings is 1. The average Bonchev–Trinajstić information content (AvgIpc) is 3.05. The second-order valence-corrected chi connectivity index (χ2v) is 7.25. The summed E-state index contributed by atoms with van der Waals surface area (Å²) in [5, 5.41) is 19.1. The molecule has 1 aliphatic heterocycles. The molecule has 1 amide bonds. The number of rotatable bonds is 8. The lowest BCUT2D eigenvalue weighted by Crippen LogP contribution is -2.38. The zero-order chi connectivity index (χ0) is 21.0. The summed E-state index contributed by atoms with van der Waals surface area (Å²) in [5.41, 5.74) is 7.21. The molecule has 8 heteroatoms. The minimum Gasteiger partial charge on any atom is -0.481 e. The maximum Gasteiger partial charge on any atom is 0.304 e. The van der Waals surface area contributed by atoms with Gasteiger partial charge < -0.3 is 25.6 Å². The number of hydrogen-bond donors (Lipinski definition) is 4. The van der Waals surface area contributed by atoms with Gasteiger partial charge in [-0.05, 0) is 24.1 Å². The van der Waals surface area contributed by atoms with Crippen molar-refractivity contribution in [2.45, 2.75) is 30.6 Å². The highest BCUT2D eigenvalue weighted by molar-refractivity contribution is 5.94. The van der Waals surface area contributed by atoms with Crippen molar-refractivity contribution in [2.75, 3.05) is 13.7 Å². The number of amides is 1. The van der Waals surface area contributed by atoms with Crippen LogP contribution >= 0.6 is 0 Å². The number of carboxylic acid groups (broad SMARTS) is 1. The van der Waals surface area contributed by atoms with Crippen molar-refractivity contribution in [3.8, 4) is 0 Å². The van der Waals surface area contributed by atoms with E-state index in [-0.39, 0.29) is 36.7 Å². The Morgan fingerprint density at radius 3 is 2.52 bits per heavy atom. The summed E-state index contributed by atoms with van der Waals surface area (Å²) < 4.78 is 11.5. The van der Waals surface area contributed by atoms with Crippen LogP contribution in [0.15, 0.2) is 48.6 Å². The molecule has 154 valence electrons. The number of ether oxygens (including phenoxy) is 2. The molecule has 0 aromatic heterocycles. The number of amidine groups is 1. The summed E-state index contributed by atoms with van der Waals surface area (Å²) in [7, 11) is 1.54. The first-order valence-electron chi connectivity index (χ1n) is 9.36. The Kier molecular flexibility index (Phi) is 6.14. The standard InChI is InChI=1S/C21H25N3O5/c1-28-21(29-12-17-10-16(11-18(25)26)20(27)24-17)8-6-14(7-9-21)13-2-4-15(5-3-13)19(22)23/h2-9,14,16-17H,10-12H2,1H3,(H3,22,23)(H,24,27)(H,25,26)/t14?,16-,17-,21?/m0/s1. The minimum atomic E-state index is -1.04. The number of carbonyl (C=O) groups is 2. The number of hydrogen-bond acceptors (Lipinski definition) is 5. The summed E-state index contributed by atoms with van der Waals surface area (Å²) in [5.74, 6) is -2.74. The lowest BCUT2D eigenvalue weighted by Gasteiger charge is -2.31. The minimum absolute atomic E-state index is 0.0303. The molecule has 1 heterocycles. The predicted molar refractivity (Wildman–Crippen MR) is 106 cm³/mol. The summed E-state index contributed by atoms with van der Waals surface area (Å²) >= 11 is 0. The van der Waals surface area contributed by atoms with Gasteiger partial charge in [-0.15, -0.1) is 0 Å². The Hall–Kier alpha value is -2.97. The van der Waals surface area contributed by atoms with Crippen LogP contribution in [-0.2, 0) is 19.1 Å². The molecule has 29 heavy (non-hydrogen) atoms. The van der Waals surface area contributed by atoms with Crippen LogP contribution < -0.4 is 11.1 Å². The Morgan fingerprint density at radius 1 is 1.31 bits per heavy atom. The molecule has 2 atom stereocenters. The lowest BCUT2D eigenvalue weighted by molar-refractivity contribution is -0.158. The zero-order valence-electron chi connectivity index (χ0n) is 16.1. The number of carboxylic acids is 1. The second-order valence-electron chi connectivity index (χ2n) is 7.25. The number of nitrogens with two attached hydrogens (primary N) is 1. The van der Waals surface area contributed by atoms with Crippen LogP contribution in [0.2, 0.25) is 0 Å². The van der Waals surface area contributed by atoms with Crippen molar-refractivity contribution in [3.05, 3.63) is 59.7 Å². The van der Waals surface area contributed by atoms with E-state index in [4.69, 9.17) is 25.7 Å². The first-order valence-corrected chi connectivity index (χ1v) is 9.36. The van der Waals surface area contributed by atoms with Crippen molar-refractivity contribution in [1.82, 2.24) is 5.32 Å². The molecule has 1 aromatic rings. The number of nitrogens with one attached hydrogen (secondary N) is 2. The molecule has 0 radical (unpaired) electrons. The highest BCUT2D eigenvalue weighted by atomic mass is 16.7. The fraction of sp³-hybridized carbons (Fsp3) is 0.381. The first-order chi connectivity index (χ1) is 13.8. The molecule has 0 bridgehead atoms. The van der Waals surface area contributed by atoms with E-state index in [2.05, 4.69) is 5.32 Å². The summed E-state index contributed by atoms with van der Waals surface area (Å²) in [6, 6.07) is 7.22. The summed E-state index contributed by atoms with van der Waals surface area (Å²) in [6.45, 7) is 0.211. The van der Waals surface area contributed by atoms with Gasteiger partial charge >= 0.3 is 5.97 Å². The molecule has 1 fully saturated rings. The SMILES string of the molecule is COC1(OC[C@@H]2C[C@@H](CC(=O)O)C(=O)N2)C=CC(c2ccc(C(=N)N)cc2)C=C1. The van der Waals surface area contributed by atoms with Crippen molar-refractivity contribution in [2.24, 2.45) is 11.7 Å². The third kappa shape index (κ3) is 4.90. The van der Waals surface area contributed by atoms with Gasteiger partial charge in [0.2, 0.25) is 11.7 Å². The van der Waals surface area contributed by atoms with E-state index in [1.807, 2.05) is 48.6 Å². The van der Waals surface area contributed by atoms with E-state index < -0.39 is 17.7 Å². The maximum atomic E-state index is 11.9. The molecule has 0 saturated carbocycles. The highest BCUT2D eigenvalue weighted by Gasteiger charge is 2.36. The van der Waals surface area contributed by atoms with Gasteiger partial charge in [0.05, 0.1) is 25.0 Å². The fourth-order valence-corrected chi connectivity index (χ4v) is 3.55. The lowest BCUT2D eigenvalue weighted by atomic mass is 9.92. The Bertz CT molecular complexity index is 832. The molecular formula is C21H25N3O5. The van der Waals surface area contributed by atoms with E-state index in [0.29, 0.717) is 12.0 Å². The van der Waals surface area contributed by atoms with Gasteiger partial charge in [0.15, 0.2) is 0 Å². The second kappa shape index (κ2) is 8.59. The van der Waals surface area contributed by atoms with Gasteiger partial charge in [-0.25, -0.2) is 0 Å². The van der Waals surface area contributed by atoms with Gasteiger partial charge in [0.1, 0.15) is 5.84 Å². The van der Waals surface area contributed by atoms with Crippen LogP contribution in [0.25, 0.3) is 0 Å². The van der Waals surface area contributed by atoms with Gasteiger partial charge in [0.25, 0.3) is 0 Å². The zero-order valence-corrected chi connectivity index (χ0v) is 16.1. The van der Waals surface area contributed by atoms with Crippen molar-refractivity contribution >= 4 is 17.7 Å².